The maximum atomic E-state index is 13.3. The minimum Gasteiger partial charge on any atom is -0.351 e. The largest absolute Gasteiger partial charge is 0.351 e. The van der Waals surface area contributed by atoms with E-state index in [0.717, 1.165) is 16.5 Å². The van der Waals surface area contributed by atoms with Crippen molar-refractivity contribution in [3.63, 3.8) is 0 Å². The fourth-order valence-corrected chi connectivity index (χ4v) is 3.49. The van der Waals surface area contributed by atoms with Crippen LogP contribution >= 0.6 is 0 Å². The number of rotatable bonds is 10. The van der Waals surface area contributed by atoms with E-state index in [9.17, 15) is 4.79 Å². The van der Waals surface area contributed by atoms with Crippen LogP contribution in [-0.4, -0.2) is 36.9 Å². The van der Waals surface area contributed by atoms with Gasteiger partial charge in [0, 0.05) is 19.8 Å². The molecule has 0 saturated carbocycles. The van der Waals surface area contributed by atoms with Crippen molar-refractivity contribution in [3.8, 4) is 0 Å². The van der Waals surface area contributed by atoms with Crippen LogP contribution in [0.15, 0.2) is 72.8 Å². The average molecular weight is 407 g/mol. The number of hydrogen-bond donors (Lipinski definition) is 1. The van der Waals surface area contributed by atoms with Crippen molar-refractivity contribution >= 4 is 16.7 Å². The highest BCUT2D eigenvalue weighted by Crippen LogP contribution is 2.20. The highest BCUT2D eigenvalue weighted by atomic mass is 16.7. The van der Waals surface area contributed by atoms with Crippen LogP contribution in [0.25, 0.3) is 10.8 Å². The summed E-state index contributed by atoms with van der Waals surface area (Å²) >= 11 is 0. The molecule has 2 N–H and O–H groups in total. The molecular formula is C25H30N2O3. The Morgan fingerprint density at radius 3 is 2.20 bits per heavy atom. The van der Waals surface area contributed by atoms with E-state index in [1.54, 1.807) is 4.90 Å². The van der Waals surface area contributed by atoms with E-state index in [2.05, 4.69) is 24.3 Å². The minimum atomic E-state index is -0.740. The van der Waals surface area contributed by atoms with Crippen LogP contribution in [0.2, 0.25) is 0 Å². The monoisotopic (exact) mass is 406 g/mol. The molecule has 0 aliphatic heterocycles. The first kappa shape index (κ1) is 22.0. The highest BCUT2D eigenvalue weighted by Gasteiger charge is 2.26. The smallest absolute Gasteiger partial charge is 0.244 e. The first-order chi connectivity index (χ1) is 14.6. The molecule has 3 rings (SSSR count). The molecule has 0 aromatic heterocycles. The van der Waals surface area contributed by atoms with Crippen LogP contribution < -0.4 is 5.73 Å². The van der Waals surface area contributed by atoms with Crippen molar-refractivity contribution in [2.45, 2.75) is 32.7 Å². The van der Waals surface area contributed by atoms with Gasteiger partial charge in [0.25, 0.3) is 0 Å². The summed E-state index contributed by atoms with van der Waals surface area (Å²) in [5, 5.41) is 2.31. The van der Waals surface area contributed by atoms with Gasteiger partial charge in [-0.15, -0.1) is 0 Å². The molecule has 5 heteroatoms. The maximum Gasteiger partial charge on any atom is 0.244 e. The van der Waals surface area contributed by atoms with Crippen molar-refractivity contribution in [1.29, 1.82) is 0 Å². The van der Waals surface area contributed by atoms with Crippen molar-refractivity contribution in [2.75, 3.05) is 19.8 Å². The molecular weight excluding hydrogens is 376 g/mol. The molecule has 158 valence electrons. The molecule has 0 spiro atoms. The Morgan fingerprint density at radius 2 is 1.53 bits per heavy atom. The summed E-state index contributed by atoms with van der Waals surface area (Å²) < 4.78 is 11.4. The average Bonchev–Trinajstić information content (AvgIpc) is 2.78. The molecule has 0 aliphatic rings. The predicted molar refractivity (Wildman–Crippen MR) is 120 cm³/mol. The van der Waals surface area contributed by atoms with E-state index in [1.165, 1.54) is 5.39 Å². The molecule has 0 radical (unpaired) electrons. The van der Waals surface area contributed by atoms with Crippen molar-refractivity contribution in [2.24, 2.45) is 5.73 Å². The fourth-order valence-electron chi connectivity index (χ4n) is 3.49. The fraction of sp³-hybridized carbons (Fsp3) is 0.320. The third-order valence-corrected chi connectivity index (χ3v) is 5.00. The standard InChI is InChI=1S/C25H30N2O3/c1-3-29-23(30-4-2)18-27(25(28)24(26)21-11-6-5-7-12-21)17-19-14-15-20-10-8-9-13-22(20)16-19/h5-16,23-24H,3-4,17-18,26H2,1-2H3/t24-/m0/s1. The first-order valence-electron chi connectivity index (χ1n) is 10.4. The summed E-state index contributed by atoms with van der Waals surface area (Å²) in [7, 11) is 0. The van der Waals surface area contributed by atoms with E-state index < -0.39 is 12.3 Å². The molecule has 0 fully saturated rings. The normalized spacial score (nSPS) is 12.3. The number of benzene rings is 3. The number of amides is 1. The molecule has 0 heterocycles. The maximum absolute atomic E-state index is 13.3. The van der Waals surface area contributed by atoms with Gasteiger partial charge in [0.2, 0.25) is 5.91 Å². The second-order valence-electron chi connectivity index (χ2n) is 7.13. The molecule has 0 aliphatic carbocycles. The summed E-state index contributed by atoms with van der Waals surface area (Å²) in [4.78, 5) is 15.1. The predicted octanol–water partition coefficient (Wildman–Crippen LogP) is 4.27. The van der Waals surface area contributed by atoms with Crippen LogP contribution in [-0.2, 0) is 20.8 Å². The Balaban J connectivity index is 1.86. The molecule has 30 heavy (non-hydrogen) atoms. The first-order valence-corrected chi connectivity index (χ1v) is 10.4. The third kappa shape index (κ3) is 5.66. The van der Waals surface area contributed by atoms with Crippen molar-refractivity contribution in [1.82, 2.24) is 4.90 Å². The number of fused-ring (bicyclic) bond motifs is 1. The zero-order valence-electron chi connectivity index (χ0n) is 17.7. The highest BCUT2D eigenvalue weighted by molar-refractivity contribution is 5.84. The third-order valence-electron chi connectivity index (χ3n) is 5.00. The van der Waals surface area contributed by atoms with Crippen LogP contribution in [0, 0.1) is 0 Å². The Labute approximate surface area is 178 Å². The number of ether oxygens (including phenoxy) is 2. The van der Waals surface area contributed by atoms with E-state index in [4.69, 9.17) is 15.2 Å². The van der Waals surface area contributed by atoms with Gasteiger partial charge in [-0.25, -0.2) is 0 Å². The van der Waals surface area contributed by atoms with Gasteiger partial charge < -0.3 is 20.1 Å². The van der Waals surface area contributed by atoms with Crippen molar-refractivity contribution in [3.05, 3.63) is 83.9 Å². The summed E-state index contributed by atoms with van der Waals surface area (Å²) in [5.41, 5.74) is 8.16. The number of hydrogen-bond acceptors (Lipinski definition) is 4. The summed E-state index contributed by atoms with van der Waals surface area (Å²) in [6.45, 7) is 5.59. The molecule has 5 nitrogen and oxygen atoms in total. The summed E-state index contributed by atoms with van der Waals surface area (Å²) in [6, 6.07) is 23.1. The Kier molecular flexibility index (Phi) is 7.97. The quantitative estimate of drug-likeness (QED) is 0.511. The minimum absolute atomic E-state index is 0.154. The lowest BCUT2D eigenvalue weighted by Crippen LogP contribution is -2.43. The molecule has 3 aromatic rings. The molecule has 1 amide bonds. The SMILES string of the molecule is CCOC(CN(Cc1ccc2ccccc2c1)C(=O)[C@@H](N)c1ccccc1)OCC. The van der Waals surface area contributed by atoms with Gasteiger partial charge in [-0.2, -0.15) is 0 Å². The molecule has 0 bridgehead atoms. The summed E-state index contributed by atoms with van der Waals surface area (Å²) in [6.07, 6.45) is -0.493. The number of nitrogens with zero attached hydrogens (tertiary/aromatic N) is 1. The number of carbonyl (C=O) groups is 1. The second-order valence-corrected chi connectivity index (χ2v) is 7.13. The van der Waals surface area contributed by atoms with Crippen LogP contribution in [0.1, 0.15) is 31.0 Å². The van der Waals surface area contributed by atoms with Crippen LogP contribution in [0.4, 0.5) is 0 Å². The Bertz CT molecular complexity index is 939. The lowest BCUT2D eigenvalue weighted by molar-refractivity contribution is -0.160. The Hall–Kier alpha value is -2.73. The van der Waals surface area contributed by atoms with E-state index in [0.29, 0.717) is 26.3 Å². The second kappa shape index (κ2) is 10.9. The van der Waals surface area contributed by atoms with Gasteiger partial charge in [0.15, 0.2) is 6.29 Å². The molecule has 0 saturated heterocycles. The molecule has 3 aromatic carbocycles. The Morgan fingerprint density at radius 1 is 0.900 bits per heavy atom. The van der Waals surface area contributed by atoms with Crippen LogP contribution in [0.5, 0.6) is 0 Å². The summed E-state index contributed by atoms with van der Waals surface area (Å²) in [5.74, 6) is -0.154. The zero-order chi connectivity index (χ0) is 21.3. The molecule has 1 atom stereocenters. The van der Waals surface area contributed by atoms with Gasteiger partial charge in [-0.1, -0.05) is 66.7 Å². The number of nitrogens with two attached hydrogens (primary N) is 1. The van der Waals surface area contributed by atoms with Gasteiger partial charge in [0.05, 0.1) is 6.54 Å². The number of carbonyl (C=O) groups excluding carboxylic acids is 1. The topological polar surface area (TPSA) is 64.8 Å². The van der Waals surface area contributed by atoms with Gasteiger partial charge >= 0.3 is 0 Å². The lowest BCUT2D eigenvalue weighted by Gasteiger charge is -2.30. The van der Waals surface area contributed by atoms with E-state index >= 15 is 0 Å². The zero-order valence-corrected chi connectivity index (χ0v) is 17.7. The lowest BCUT2D eigenvalue weighted by atomic mass is 10.0. The van der Waals surface area contributed by atoms with Crippen LogP contribution in [0.3, 0.4) is 0 Å². The van der Waals surface area contributed by atoms with E-state index in [-0.39, 0.29) is 5.91 Å². The van der Waals surface area contributed by atoms with Gasteiger partial charge in [0.1, 0.15) is 6.04 Å². The van der Waals surface area contributed by atoms with Gasteiger partial charge in [-0.05, 0) is 41.8 Å². The van der Waals surface area contributed by atoms with Gasteiger partial charge in [-0.3, -0.25) is 4.79 Å². The molecule has 0 unspecified atom stereocenters. The van der Waals surface area contributed by atoms with E-state index in [1.807, 2.05) is 62.4 Å². The van der Waals surface area contributed by atoms with Crippen molar-refractivity contribution < 1.29 is 14.3 Å².